The van der Waals surface area contributed by atoms with Gasteiger partial charge < -0.3 is 16.4 Å². The van der Waals surface area contributed by atoms with Crippen LogP contribution in [0.1, 0.15) is 24.3 Å². The lowest BCUT2D eigenvalue weighted by atomic mass is 10.1. The molecule has 1 aromatic carbocycles. The second-order valence-electron chi connectivity index (χ2n) is 6.09. The lowest BCUT2D eigenvalue weighted by molar-refractivity contribution is -0.125. The van der Waals surface area contributed by atoms with Crippen LogP contribution in [0.2, 0.25) is 0 Å². The number of carbonyl (C=O) groups excluding carboxylic acids is 2. The highest BCUT2D eigenvalue weighted by atomic mass is 32.1. The van der Waals surface area contributed by atoms with Gasteiger partial charge in [-0.05, 0) is 23.6 Å². The topological polar surface area (TPSA) is 97.1 Å². The van der Waals surface area contributed by atoms with Crippen LogP contribution in [-0.2, 0) is 16.0 Å². The Labute approximate surface area is 153 Å². The summed E-state index contributed by atoms with van der Waals surface area (Å²) in [4.78, 5) is 28.4. The Morgan fingerprint density at radius 2 is 2.00 bits per heavy atom. The maximum absolute atomic E-state index is 13.2. The Hall–Kier alpha value is -2.39. The van der Waals surface area contributed by atoms with Crippen LogP contribution in [0.3, 0.4) is 0 Å². The van der Waals surface area contributed by atoms with Crippen molar-refractivity contribution in [2.75, 3.05) is 11.9 Å². The Morgan fingerprint density at radius 1 is 1.27 bits per heavy atom. The first-order chi connectivity index (χ1) is 12.3. The summed E-state index contributed by atoms with van der Waals surface area (Å²) in [5.74, 6) is -2.66. The highest BCUT2D eigenvalue weighted by molar-refractivity contribution is 7.15. The third kappa shape index (κ3) is 5.57. The second kappa shape index (κ2) is 8.81. The first kappa shape index (κ1) is 19.9. The average Bonchev–Trinajstić information content (AvgIpc) is 3.02. The van der Waals surface area contributed by atoms with Gasteiger partial charge in [0.2, 0.25) is 11.8 Å². The van der Waals surface area contributed by atoms with Crippen molar-refractivity contribution in [3.05, 3.63) is 46.5 Å². The lowest BCUT2D eigenvalue weighted by Crippen LogP contribution is -2.46. The third-order valence-corrected chi connectivity index (χ3v) is 4.52. The Morgan fingerprint density at radius 3 is 2.65 bits per heavy atom. The van der Waals surface area contributed by atoms with E-state index in [1.807, 2.05) is 13.8 Å². The quantitative estimate of drug-likeness (QED) is 0.683. The normalized spacial score (nSPS) is 12.1. The molecule has 0 aliphatic heterocycles. The predicted octanol–water partition coefficient (Wildman–Crippen LogP) is 2.05. The minimum absolute atomic E-state index is 0.0316. The van der Waals surface area contributed by atoms with Gasteiger partial charge in [-0.1, -0.05) is 19.9 Å². The number of carbonyl (C=O) groups is 2. The lowest BCUT2D eigenvalue weighted by Gasteiger charge is -2.14. The van der Waals surface area contributed by atoms with Gasteiger partial charge in [-0.2, -0.15) is 0 Å². The van der Waals surface area contributed by atoms with Crippen LogP contribution in [0.5, 0.6) is 0 Å². The molecule has 0 unspecified atom stereocenters. The zero-order chi connectivity index (χ0) is 19.3. The molecule has 0 saturated carbocycles. The van der Waals surface area contributed by atoms with E-state index in [1.54, 1.807) is 6.20 Å². The molecule has 2 aromatic rings. The number of hydrogen-bond acceptors (Lipinski definition) is 5. The predicted molar refractivity (Wildman–Crippen MR) is 95.7 cm³/mol. The molecule has 0 aliphatic rings. The van der Waals surface area contributed by atoms with E-state index in [1.165, 1.54) is 17.4 Å². The summed E-state index contributed by atoms with van der Waals surface area (Å²) in [6, 6.07) is 3.01. The van der Waals surface area contributed by atoms with Crippen LogP contribution in [0.15, 0.2) is 24.4 Å². The largest absolute Gasteiger partial charge is 0.346 e. The number of halogens is 2. The average molecular weight is 382 g/mol. The maximum Gasteiger partial charge on any atom is 0.245 e. The number of thiazole rings is 1. The van der Waals surface area contributed by atoms with E-state index in [-0.39, 0.29) is 12.5 Å². The maximum atomic E-state index is 13.2. The number of hydrogen-bond donors (Lipinski definition) is 3. The smallest absolute Gasteiger partial charge is 0.245 e. The summed E-state index contributed by atoms with van der Waals surface area (Å²) in [5, 5.41) is 5.39. The molecule has 1 atom stereocenters. The molecule has 9 heteroatoms. The van der Waals surface area contributed by atoms with Gasteiger partial charge in [0.15, 0.2) is 16.8 Å². The van der Waals surface area contributed by atoms with Crippen molar-refractivity contribution in [1.82, 2.24) is 10.3 Å². The van der Waals surface area contributed by atoms with Crippen molar-refractivity contribution in [2.24, 2.45) is 11.7 Å². The van der Waals surface area contributed by atoms with Crippen molar-refractivity contribution in [2.45, 2.75) is 26.3 Å². The van der Waals surface area contributed by atoms with Crippen molar-refractivity contribution in [1.29, 1.82) is 0 Å². The summed E-state index contributed by atoms with van der Waals surface area (Å²) >= 11 is 1.21. The van der Waals surface area contributed by atoms with E-state index in [0.717, 1.165) is 17.0 Å². The number of rotatable bonds is 7. The summed E-state index contributed by atoms with van der Waals surface area (Å²) in [5.41, 5.74) is 6.29. The molecule has 0 aliphatic carbocycles. The van der Waals surface area contributed by atoms with Gasteiger partial charge in [0.25, 0.3) is 0 Å². The van der Waals surface area contributed by atoms with Gasteiger partial charge in [-0.3, -0.25) is 9.59 Å². The molecular weight excluding hydrogens is 362 g/mol. The van der Waals surface area contributed by atoms with E-state index in [9.17, 15) is 18.4 Å². The summed E-state index contributed by atoms with van der Waals surface area (Å²) < 4.78 is 26.2. The van der Waals surface area contributed by atoms with E-state index in [2.05, 4.69) is 15.6 Å². The molecule has 0 bridgehead atoms. The number of anilines is 1. The van der Waals surface area contributed by atoms with Gasteiger partial charge in [0.1, 0.15) is 0 Å². The van der Waals surface area contributed by atoms with E-state index in [0.29, 0.717) is 17.1 Å². The zero-order valence-electron chi connectivity index (χ0n) is 14.4. The molecule has 1 aromatic heterocycles. The van der Waals surface area contributed by atoms with Gasteiger partial charge in [-0.25, -0.2) is 13.8 Å². The number of aromatic nitrogens is 1. The number of nitrogens with zero attached hydrogens (tertiary/aromatic N) is 1. The Balaban J connectivity index is 1.86. The molecule has 2 rings (SSSR count). The molecule has 4 N–H and O–H groups in total. The van der Waals surface area contributed by atoms with E-state index < -0.39 is 29.5 Å². The van der Waals surface area contributed by atoms with Crippen LogP contribution in [0.4, 0.5) is 13.9 Å². The Bertz CT molecular complexity index is 795. The van der Waals surface area contributed by atoms with Crippen LogP contribution in [0, 0.1) is 17.6 Å². The third-order valence-electron chi connectivity index (χ3n) is 3.61. The fourth-order valence-corrected chi connectivity index (χ4v) is 2.91. The molecule has 0 saturated heterocycles. The summed E-state index contributed by atoms with van der Waals surface area (Å²) in [6.07, 6.45) is 1.92. The fourth-order valence-electron chi connectivity index (χ4n) is 2.05. The molecular formula is C17H20F2N4O2S. The molecule has 0 fully saturated rings. The first-order valence-corrected chi connectivity index (χ1v) is 8.79. The molecule has 6 nitrogen and oxygen atoms in total. The van der Waals surface area contributed by atoms with Crippen molar-refractivity contribution in [3.63, 3.8) is 0 Å². The minimum atomic E-state index is -0.907. The van der Waals surface area contributed by atoms with Gasteiger partial charge in [0, 0.05) is 17.5 Å². The molecule has 140 valence electrons. The monoisotopic (exact) mass is 382 g/mol. The van der Waals surface area contributed by atoms with Crippen LogP contribution in [-0.4, -0.2) is 29.4 Å². The van der Waals surface area contributed by atoms with Gasteiger partial charge in [0.05, 0.1) is 12.6 Å². The fraction of sp³-hybridized carbons (Fsp3) is 0.353. The highest BCUT2D eigenvalue weighted by Crippen LogP contribution is 2.22. The number of benzene rings is 1. The molecule has 26 heavy (non-hydrogen) atoms. The van der Waals surface area contributed by atoms with Crippen molar-refractivity contribution in [3.8, 4) is 0 Å². The number of nitrogens with two attached hydrogens (primary N) is 1. The molecule has 0 spiro atoms. The van der Waals surface area contributed by atoms with Crippen LogP contribution >= 0.6 is 11.3 Å². The van der Waals surface area contributed by atoms with Crippen molar-refractivity contribution < 1.29 is 18.4 Å². The highest BCUT2D eigenvalue weighted by Gasteiger charge is 2.18. The van der Waals surface area contributed by atoms with Gasteiger partial charge >= 0.3 is 0 Å². The van der Waals surface area contributed by atoms with Crippen LogP contribution < -0.4 is 16.4 Å². The van der Waals surface area contributed by atoms with Crippen molar-refractivity contribution >= 4 is 28.3 Å². The molecule has 1 heterocycles. The Kier molecular flexibility index (Phi) is 6.76. The number of nitrogens with one attached hydrogen (secondary N) is 2. The summed E-state index contributed by atoms with van der Waals surface area (Å²) in [7, 11) is 0. The second-order valence-corrected chi connectivity index (χ2v) is 7.21. The molecule has 2 amide bonds. The van der Waals surface area contributed by atoms with Crippen LogP contribution in [0.25, 0.3) is 0 Å². The first-order valence-electron chi connectivity index (χ1n) is 7.98. The minimum Gasteiger partial charge on any atom is -0.346 e. The van der Waals surface area contributed by atoms with Gasteiger partial charge in [-0.15, -0.1) is 11.3 Å². The standard InChI is InChI=1S/C17H20F2N4O2S/c1-9(2)15(20)16(25)21-8-14(24)23-17-22-7-11(26-17)5-10-3-4-12(18)13(19)6-10/h3-4,6-7,9,15H,5,8,20H2,1-2H3,(H,21,25)(H,22,23,24)/t15-/m0/s1. The SMILES string of the molecule is CC(C)[C@H](N)C(=O)NCC(=O)Nc1ncc(Cc2ccc(F)c(F)c2)s1. The summed E-state index contributed by atoms with van der Waals surface area (Å²) in [6.45, 7) is 3.42. The molecule has 0 radical (unpaired) electrons. The van der Waals surface area contributed by atoms with E-state index >= 15 is 0 Å². The number of amides is 2. The van der Waals surface area contributed by atoms with E-state index in [4.69, 9.17) is 5.73 Å². The zero-order valence-corrected chi connectivity index (χ0v) is 15.2.